The summed E-state index contributed by atoms with van der Waals surface area (Å²) in [6.45, 7) is 9.79. The molecule has 17 nitrogen and oxygen atoms in total. The number of fused-ring (bicyclic) bond motifs is 1. The van der Waals surface area contributed by atoms with E-state index in [9.17, 15) is 39.3 Å². The first-order valence-electron chi connectivity index (χ1n) is 24.7. The molecule has 8 rings (SSSR count). The number of aliphatic hydroxyl groups excluding tert-OH is 3. The van der Waals surface area contributed by atoms with Crippen molar-refractivity contribution in [3.63, 3.8) is 0 Å². The van der Waals surface area contributed by atoms with Crippen LogP contribution in [0.15, 0.2) is 77.8 Å². The molecule has 3 aliphatic rings. The number of rotatable bonds is 20. The standard InChI is InChI=1S/C53H64N8O9S3/c1-29(2)6-17-45(64)58-46(32(5)62)53(69)61-25-40(20-43(61)50(66)55-22-34-9-13-36(14-10-34)48-31(4)57-28-73-48)70-39-16-15-37-23-59(51(67)41(37)19-39)44(26-71)52(68)60-24-38(63)18-42(60)49(65)54-21-33-7-11-35(12-8-33)47-30(3)56-27-72-47/h7-16,19,27-29,32,38,40,42-46,58,62-64,71H,6,17-18,20-26H2,1-5H3,(H,54,65)(H,55,66)/t32-,38+,40+,42-,43-,44-,45?,46-/m0/s1. The Bertz CT molecular complexity index is 2770. The number of nitrogens with zero attached hydrogens (tertiary/aromatic N) is 5. The Balaban J connectivity index is 0.928. The van der Waals surface area contributed by atoms with Crippen LogP contribution in [0.1, 0.15) is 84.9 Å². The second-order valence-electron chi connectivity index (χ2n) is 19.6. The van der Waals surface area contributed by atoms with Crippen LogP contribution in [0.25, 0.3) is 20.9 Å². The summed E-state index contributed by atoms with van der Waals surface area (Å²) in [5.74, 6) is -1.80. The topological polar surface area (TPSA) is 227 Å². The fourth-order valence-corrected chi connectivity index (χ4v) is 11.7. The Morgan fingerprint density at radius 1 is 0.781 bits per heavy atom. The van der Waals surface area contributed by atoms with Crippen molar-refractivity contribution in [1.82, 2.24) is 40.6 Å². The van der Waals surface area contributed by atoms with Crippen molar-refractivity contribution in [2.45, 2.75) is 129 Å². The third kappa shape index (κ3) is 12.4. The van der Waals surface area contributed by atoms with Crippen LogP contribution in [-0.2, 0) is 38.8 Å². The number of thiazole rings is 2. The zero-order valence-electron chi connectivity index (χ0n) is 41.6. The number of hydrogen-bond acceptors (Lipinski definition) is 15. The number of carbonyl (C=O) groups is 5. The molecular weight excluding hydrogens is 989 g/mol. The number of ether oxygens (including phenoxy) is 1. The van der Waals surface area contributed by atoms with Gasteiger partial charge in [-0.1, -0.05) is 68.4 Å². The quantitative estimate of drug-likeness (QED) is 0.0411. The normalized spacial score (nSPS) is 20.2. The summed E-state index contributed by atoms with van der Waals surface area (Å²) in [5, 5.41) is 41.2. The number of aromatic nitrogens is 2. The third-order valence-corrected chi connectivity index (χ3v) is 16.1. The van der Waals surface area contributed by atoms with Gasteiger partial charge in [-0.3, -0.25) is 29.3 Å². The van der Waals surface area contributed by atoms with E-state index in [1.54, 1.807) is 51.9 Å². The average molecular weight is 1050 g/mol. The number of nitrogens with one attached hydrogen (secondary N) is 3. The maximum Gasteiger partial charge on any atom is 0.255 e. The van der Waals surface area contributed by atoms with Crippen molar-refractivity contribution in [3.05, 3.63) is 111 Å². The number of carbonyl (C=O) groups excluding carboxylic acids is 5. The Kier molecular flexibility index (Phi) is 17.3. The molecule has 73 heavy (non-hydrogen) atoms. The summed E-state index contributed by atoms with van der Waals surface area (Å²) in [5.41, 5.74) is 10.2. The van der Waals surface area contributed by atoms with E-state index in [-0.39, 0.29) is 51.3 Å². The minimum absolute atomic E-state index is 0.0316. The second-order valence-corrected chi connectivity index (χ2v) is 21.6. The summed E-state index contributed by atoms with van der Waals surface area (Å²) in [6, 6.07) is 16.4. The van der Waals surface area contributed by atoms with E-state index < -0.39 is 78.2 Å². The van der Waals surface area contributed by atoms with Crippen molar-refractivity contribution in [3.8, 4) is 26.6 Å². The first kappa shape index (κ1) is 53.5. The maximum atomic E-state index is 14.3. The molecule has 20 heteroatoms. The minimum Gasteiger partial charge on any atom is -0.488 e. The average Bonchev–Trinajstić information content (AvgIpc) is 4.24. The molecule has 0 bridgehead atoms. The summed E-state index contributed by atoms with van der Waals surface area (Å²) < 4.78 is 6.46. The van der Waals surface area contributed by atoms with E-state index in [2.05, 4.69) is 38.5 Å². The van der Waals surface area contributed by atoms with E-state index in [0.717, 1.165) is 43.4 Å². The molecule has 6 N–H and O–H groups in total. The van der Waals surface area contributed by atoms with Gasteiger partial charge >= 0.3 is 0 Å². The van der Waals surface area contributed by atoms with Crippen LogP contribution in [0.5, 0.6) is 5.75 Å². The van der Waals surface area contributed by atoms with Crippen LogP contribution in [0.4, 0.5) is 0 Å². The van der Waals surface area contributed by atoms with Crippen LogP contribution in [0.2, 0.25) is 0 Å². The number of thiol groups is 1. The highest BCUT2D eigenvalue weighted by molar-refractivity contribution is 7.80. The molecule has 388 valence electrons. The zero-order chi connectivity index (χ0) is 52.1. The summed E-state index contributed by atoms with van der Waals surface area (Å²) in [6.07, 6.45) is -2.76. The van der Waals surface area contributed by atoms with Crippen LogP contribution < -0.4 is 20.7 Å². The second kappa shape index (κ2) is 23.6. The fraction of sp³-hybridized carbons (Fsp3) is 0.453. The number of likely N-dealkylation sites (tertiary alicyclic amines) is 2. The Labute approximate surface area is 438 Å². The van der Waals surface area contributed by atoms with E-state index >= 15 is 0 Å². The lowest BCUT2D eigenvalue weighted by atomic mass is 10.1. The molecule has 0 aliphatic carbocycles. The molecule has 2 aromatic heterocycles. The van der Waals surface area contributed by atoms with Gasteiger partial charge in [0.15, 0.2) is 0 Å². The van der Waals surface area contributed by atoms with Gasteiger partial charge < -0.3 is 45.4 Å². The zero-order valence-corrected chi connectivity index (χ0v) is 44.1. The highest BCUT2D eigenvalue weighted by atomic mass is 32.1. The smallest absolute Gasteiger partial charge is 0.255 e. The maximum absolute atomic E-state index is 14.3. The molecule has 3 aromatic carbocycles. The minimum atomic E-state index is -1.22. The first-order valence-corrected chi connectivity index (χ1v) is 27.1. The lowest BCUT2D eigenvalue weighted by Gasteiger charge is -2.32. The molecule has 2 fully saturated rings. The van der Waals surface area contributed by atoms with E-state index in [0.29, 0.717) is 35.6 Å². The molecule has 8 atom stereocenters. The Hall–Kier alpha value is -5.74. The molecule has 3 aliphatic heterocycles. The van der Waals surface area contributed by atoms with Crippen molar-refractivity contribution in [2.24, 2.45) is 5.92 Å². The van der Waals surface area contributed by atoms with Crippen LogP contribution >= 0.6 is 35.3 Å². The van der Waals surface area contributed by atoms with E-state index in [1.165, 1.54) is 21.6 Å². The Morgan fingerprint density at radius 3 is 1.86 bits per heavy atom. The van der Waals surface area contributed by atoms with Gasteiger partial charge in [0.05, 0.1) is 50.9 Å². The van der Waals surface area contributed by atoms with Gasteiger partial charge in [0.25, 0.3) is 5.91 Å². The molecular formula is C53H64N8O9S3. The van der Waals surface area contributed by atoms with Gasteiger partial charge in [-0.25, -0.2) is 9.97 Å². The highest BCUT2D eigenvalue weighted by Crippen LogP contribution is 2.34. The molecule has 1 unspecified atom stereocenters. The number of benzene rings is 3. The number of aryl methyl sites for hydroxylation is 2. The lowest BCUT2D eigenvalue weighted by Crippen LogP contribution is -2.57. The van der Waals surface area contributed by atoms with Crippen molar-refractivity contribution >= 4 is 64.8 Å². The number of β-amino-alcohol motifs (C(OH)–C–C–N with tert-alkyl or cyclic N) is 1. The SMILES string of the molecule is Cc1ncsc1-c1ccc(CNC(=O)[C@@H]2C[C@@H](Oc3ccc4c(c3)C(=O)N([C@@H](CS)C(=O)N3C[C@H](O)C[C@H]3C(=O)NCc3ccc(-c5scnc5C)cc3)C4)CN2C(=O)[C@@H](NC(O)CCC(C)C)[C@H](C)O)cc1. The monoisotopic (exact) mass is 1050 g/mol. The molecule has 5 amide bonds. The van der Waals surface area contributed by atoms with Crippen molar-refractivity contribution in [1.29, 1.82) is 0 Å². The van der Waals surface area contributed by atoms with E-state index in [4.69, 9.17) is 4.74 Å². The number of hydrogen-bond donors (Lipinski definition) is 7. The summed E-state index contributed by atoms with van der Waals surface area (Å²) in [4.78, 5) is 85.5. The number of aliphatic hydroxyl groups is 3. The van der Waals surface area contributed by atoms with Crippen LogP contribution in [-0.4, -0.2) is 137 Å². The predicted octanol–water partition coefficient (Wildman–Crippen LogP) is 4.84. The molecule has 2 saturated heterocycles. The molecule has 0 spiro atoms. The third-order valence-electron chi connectivity index (χ3n) is 13.8. The van der Waals surface area contributed by atoms with Crippen LogP contribution in [0.3, 0.4) is 0 Å². The van der Waals surface area contributed by atoms with Crippen LogP contribution in [0, 0.1) is 19.8 Å². The summed E-state index contributed by atoms with van der Waals surface area (Å²) >= 11 is 7.61. The molecule has 5 heterocycles. The highest BCUT2D eigenvalue weighted by Gasteiger charge is 2.46. The molecule has 0 radical (unpaired) electrons. The fourth-order valence-electron chi connectivity index (χ4n) is 9.70. The van der Waals surface area contributed by atoms with Gasteiger partial charge in [0.2, 0.25) is 23.6 Å². The summed E-state index contributed by atoms with van der Waals surface area (Å²) in [7, 11) is 0. The van der Waals surface area contributed by atoms with Gasteiger partial charge in [-0.15, -0.1) is 22.7 Å². The largest absolute Gasteiger partial charge is 0.488 e. The number of amides is 5. The predicted molar refractivity (Wildman–Crippen MR) is 282 cm³/mol. The first-order chi connectivity index (χ1) is 35.0. The van der Waals surface area contributed by atoms with Crippen molar-refractivity contribution < 1.29 is 44.0 Å². The van der Waals surface area contributed by atoms with Crippen molar-refractivity contribution in [2.75, 3.05) is 18.8 Å². The van der Waals surface area contributed by atoms with Gasteiger partial charge in [-0.2, -0.15) is 12.6 Å². The Morgan fingerprint density at radius 2 is 1.34 bits per heavy atom. The van der Waals surface area contributed by atoms with Gasteiger partial charge in [-0.05, 0) is 79.5 Å². The van der Waals surface area contributed by atoms with Gasteiger partial charge in [0.1, 0.15) is 42.2 Å². The molecule has 0 saturated carbocycles. The van der Waals surface area contributed by atoms with E-state index in [1.807, 2.05) is 76.2 Å². The lowest BCUT2D eigenvalue weighted by molar-refractivity contribution is -0.143. The van der Waals surface area contributed by atoms with Gasteiger partial charge in [0, 0.05) is 50.3 Å². The molecule has 5 aromatic rings.